The molecular weight excluding hydrogens is 488 g/mol. The Kier molecular flexibility index (Phi) is 8.78. The highest BCUT2D eigenvalue weighted by atomic mass is 32.2. The summed E-state index contributed by atoms with van der Waals surface area (Å²) in [6.07, 6.45) is 3.58. The molecule has 0 fully saturated rings. The molecule has 37 heavy (non-hydrogen) atoms. The fraction of sp³-hybridized carbons (Fsp3) is 0.357. The van der Waals surface area contributed by atoms with E-state index in [-0.39, 0.29) is 18.9 Å². The van der Waals surface area contributed by atoms with Gasteiger partial charge in [0.05, 0.1) is 30.3 Å². The van der Waals surface area contributed by atoms with Gasteiger partial charge in [0, 0.05) is 31.7 Å². The van der Waals surface area contributed by atoms with Crippen molar-refractivity contribution in [3.63, 3.8) is 0 Å². The SMILES string of the molecule is COCCOC(=O)C1=C(C)N=C2SC=C(CC(=O)NCc3cccnc3)N2[C@@H]1c1ccc(C(C)C)cc1. The number of hydrogen-bond acceptors (Lipinski definition) is 8. The van der Waals surface area contributed by atoms with Crippen molar-refractivity contribution < 1.29 is 19.1 Å². The summed E-state index contributed by atoms with van der Waals surface area (Å²) < 4.78 is 10.6. The molecule has 1 aromatic heterocycles. The minimum atomic E-state index is -0.462. The number of aliphatic imine (C=N–C) groups is 1. The number of carbonyl (C=O) groups excluding carboxylic acids is 2. The molecule has 0 aliphatic carbocycles. The third kappa shape index (κ3) is 6.29. The Morgan fingerprint density at radius 3 is 2.62 bits per heavy atom. The molecule has 2 aromatic rings. The first kappa shape index (κ1) is 26.6. The number of fused-ring (bicyclic) bond motifs is 1. The van der Waals surface area contributed by atoms with Gasteiger partial charge in [-0.2, -0.15) is 0 Å². The maximum absolute atomic E-state index is 13.3. The number of carbonyl (C=O) groups is 2. The lowest BCUT2D eigenvalue weighted by atomic mass is 9.92. The lowest BCUT2D eigenvalue weighted by Crippen LogP contribution is -2.38. The number of methoxy groups -OCH3 is 1. The van der Waals surface area contributed by atoms with Crippen LogP contribution in [0, 0.1) is 0 Å². The Morgan fingerprint density at radius 2 is 1.95 bits per heavy atom. The first-order valence-electron chi connectivity index (χ1n) is 12.2. The maximum atomic E-state index is 13.3. The molecule has 2 aliphatic heterocycles. The molecule has 2 aliphatic rings. The van der Waals surface area contributed by atoms with E-state index in [2.05, 4.69) is 36.3 Å². The number of thioether (sulfide) groups is 1. The lowest BCUT2D eigenvalue weighted by Gasteiger charge is -2.36. The van der Waals surface area contributed by atoms with Crippen LogP contribution in [0.5, 0.6) is 0 Å². The van der Waals surface area contributed by atoms with Crippen LogP contribution in [0.3, 0.4) is 0 Å². The van der Waals surface area contributed by atoms with Gasteiger partial charge in [-0.05, 0) is 41.0 Å². The van der Waals surface area contributed by atoms with Crippen LogP contribution < -0.4 is 5.32 Å². The third-order valence-corrected chi connectivity index (χ3v) is 7.10. The van der Waals surface area contributed by atoms with Crippen LogP contribution in [-0.4, -0.2) is 47.3 Å². The number of allylic oxidation sites excluding steroid dienone is 1. The summed E-state index contributed by atoms with van der Waals surface area (Å²) in [6, 6.07) is 11.5. The number of amides is 1. The summed E-state index contributed by atoms with van der Waals surface area (Å²) in [5.41, 5.74) is 4.91. The molecule has 9 heteroatoms. The summed E-state index contributed by atoms with van der Waals surface area (Å²) in [6.45, 7) is 6.96. The number of nitrogens with one attached hydrogen (secondary N) is 1. The molecular formula is C28H32N4O4S. The molecule has 3 heterocycles. The molecule has 4 rings (SSSR count). The predicted molar refractivity (Wildman–Crippen MR) is 144 cm³/mol. The number of rotatable bonds is 10. The molecule has 8 nitrogen and oxygen atoms in total. The number of benzene rings is 1. The summed E-state index contributed by atoms with van der Waals surface area (Å²) in [5, 5.41) is 5.63. The van der Waals surface area contributed by atoms with E-state index in [1.54, 1.807) is 19.5 Å². The van der Waals surface area contributed by atoms with E-state index in [1.165, 1.54) is 17.3 Å². The van der Waals surface area contributed by atoms with Crippen LogP contribution in [0.2, 0.25) is 0 Å². The summed E-state index contributed by atoms with van der Waals surface area (Å²) in [5.74, 6) is -0.177. The van der Waals surface area contributed by atoms with Gasteiger partial charge in [-0.25, -0.2) is 9.79 Å². The van der Waals surface area contributed by atoms with Gasteiger partial charge in [0.1, 0.15) is 6.61 Å². The molecule has 1 aromatic carbocycles. The van der Waals surface area contributed by atoms with Gasteiger partial charge in [-0.1, -0.05) is 55.9 Å². The first-order valence-corrected chi connectivity index (χ1v) is 13.1. The molecule has 0 bridgehead atoms. The van der Waals surface area contributed by atoms with E-state index in [1.807, 2.05) is 41.5 Å². The highest BCUT2D eigenvalue weighted by Crippen LogP contribution is 2.45. The fourth-order valence-corrected chi connectivity index (χ4v) is 5.20. The average Bonchev–Trinajstić information content (AvgIpc) is 3.29. The number of hydrogen-bond donors (Lipinski definition) is 1. The van der Waals surface area contributed by atoms with Crippen LogP contribution >= 0.6 is 11.8 Å². The normalized spacial score (nSPS) is 16.9. The molecule has 1 atom stereocenters. The van der Waals surface area contributed by atoms with Crippen LogP contribution in [0.4, 0.5) is 0 Å². The Hall–Kier alpha value is -3.43. The third-order valence-electron chi connectivity index (χ3n) is 6.21. The molecule has 194 valence electrons. The van der Waals surface area contributed by atoms with Gasteiger partial charge in [-0.3, -0.25) is 9.78 Å². The van der Waals surface area contributed by atoms with Crippen molar-refractivity contribution in [2.24, 2.45) is 4.99 Å². The molecule has 0 unspecified atom stereocenters. The van der Waals surface area contributed by atoms with E-state index in [0.29, 0.717) is 30.3 Å². The van der Waals surface area contributed by atoms with Gasteiger partial charge in [0.15, 0.2) is 5.17 Å². The van der Waals surface area contributed by atoms with Gasteiger partial charge < -0.3 is 19.7 Å². The van der Waals surface area contributed by atoms with Crippen molar-refractivity contribution in [1.29, 1.82) is 0 Å². The summed E-state index contributed by atoms with van der Waals surface area (Å²) in [7, 11) is 1.56. The van der Waals surface area contributed by atoms with Gasteiger partial charge in [0.2, 0.25) is 5.91 Å². The zero-order valence-corrected chi connectivity index (χ0v) is 22.4. The molecule has 1 amide bonds. The fourth-order valence-electron chi connectivity index (χ4n) is 4.24. The molecule has 1 N–H and O–H groups in total. The van der Waals surface area contributed by atoms with Crippen molar-refractivity contribution >= 4 is 28.8 Å². The number of esters is 1. The standard InChI is InChI=1S/C28H32N4O4S/c1-18(2)21-7-9-22(10-8-21)26-25(27(34)36-13-12-35-4)19(3)31-28-32(26)23(17-37-28)14-24(33)30-16-20-6-5-11-29-15-20/h5-11,15,17-18,26H,12-14,16H2,1-4H3,(H,30,33)/t26-/m1/s1. The van der Waals surface area contributed by atoms with Crippen LogP contribution in [0.15, 0.2) is 76.2 Å². The second kappa shape index (κ2) is 12.2. The molecule has 0 radical (unpaired) electrons. The number of ether oxygens (including phenoxy) is 2. The molecule has 0 saturated carbocycles. The smallest absolute Gasteiger partial charge is 0.338 e. The Bertz CT molecular complexity index is 1220. The molecule has 0 spiro atoms. The Morgan fingerprint density at radius 1 is 1.16 bits per heavy atom. The minimum absolute atomic E-state index is 0.124. The highest BCUT2D eigenvalue weighted by Gasteiger charge is 2.41. The van der Waals surface area contributed by atoms with E-state index in [9.17, 15) is 9.59 Å². The monoisotopic (exact) mass is 520 g/mol. The number of amidine groups is 1. The van der Waals surface area contributed by atoms with Crippen LogP contribution in [0.1, 0.15) is 55.8 Å². The van der Waals surface area contributed by atoms with Crippen molar-refractivity contribution in [3.8, 4) is 0 Å². The zero-order chi connectivity index (χ0) is 26.4. The summed E-state index contributed by atoms with van der Waals surface area (Å²) >= 11 is 1.45. The number of aromatic nitrogens is 1. The second-order valence-electron chi connectivity index (χ2n) is 9.16. The van der Waals surface area contributed by atoms with Gasteiger partial charge >= 0.3 is 5.97 Å². The van der Waals surface area contributed by atoms with E-state index in [4.69, 9.17) is 14.5 Å². The molecule has 0 saturated heterocycles. The zero-order valence-electron chi connectivity index (χ0n) is 21.6. The van der Waals surface area contributed by atoms with Crippen molar-refractivity contribution in [3.05, 3.63) is 87.9 Å². The minimum Gasteiger partial charge on any atom is -0.460 e. The second-order valence-corrected chi connectivity index (χ2v) is 9.99. The van der Waals surface area contributed by atoms with E-state index < -0.39 is 12.0 Å². The Balaban J connectivity index is 1.61. The van der Waals surface area contributed by atoms with E-state index >= 15 is 0 Å². The van der Waals surface area contributed by atoms with Crippen molar-refractivity contribution in [2.45, 2.75) is 45.7 Å². The predicted octanol–water partition coefficient (Wildman–Crippen LogP) is 4.68. The lowest BCUT2D eigenvalue weighted by molar-refractivity contribution is -0.141. The average molecular weight is 521 g/mol. The van der Waals surface area contributed by atoms with Crippen molar-refractivity contribution in [2.75, 3.05) is 20.3 Å². The quantitative estimate of drug-likeness (QED) is 0.359. The Labute approximate surface area is 221 Å². The largest absolute Gasteiger partial charge is 0.460 e. The van der Waals surface area contributed by atoms with Crippen LogP contribution in [-0.2, 0) is 25.6 Å². The van der Waals surface area contributed by atoms with Crippen molar-refractivity contribution in [1.82, 2.24) is 15.2 Å². The number of nitrogens with zero attached hydrogens (tertiary/aromatic N) is 3. The maximum Gasteiger partial charge on any atom is 0.338 e. The van der Waals surface area contributed by atoms with Crippen LogP contribution in [0.25, 0.3) is 0 Å². The van der Waals surface area contributed by atoms with Gasteiger partial charge in [0.25, 0.3) is 0 Å². The summed E-state index contributed by atoms with van der Waals surface area (Å²) in [4.78, 5) is 37.0. The number of pyridine rings is 1. The van der Waals surface area contributed by atoms with Gasteiger partial charge in [-0.15, -0.1) is 0 Å². The first-order chi connectivity index (χ1) is 17.9. The highest BCUT2D eigenvalue weighted by molar-refractivity contribution is 8.16. The van der Waals surface area contributed by atoms with E-state index in [0.717, 1.165) is 22.0 Å². The topological polar surface area (TPSA) is 93.1 Å².